The topological polar surface area (TPSA) is 67.5 Å². The van der Waals surface area contributed by atoms with Crippen LogP contribution in [0.4, 0.5) is 4.39 Å². The summed E-state index contributed by atoms with van der Waals surface area (Å²) < 4.78 is 13.9. The Morgan fingerprint density at radius 1 is 1.10 bits per heavy atom. The minimum absolute atomic E-state index is 0.197. The third-order valence-electron chi connectivity index (χ3n) is 5.16. The Morgan fingerprint density at radius 2 is 1.90 bits per heavy atom. The van der Waals surface area contributed by atoms with Crippen molar-refractivity contribution in [2.45, 2.75) is 19.5 Å². The zero-order valence-electron chi connectivity index (χ0n) is 16.2. The summed E-state index contributed by atoms with van der Waals surface area (Å²) in [5.74, 6) is -0.627. The monoisotopic (exact) mass is 387 g/mol. The van der Waals surface area contributed by atoms with Crippen LogP contribution in [0.25, 0.3) is 11.1 Å². The third kappa shape index (κ3) is 3.96. The van der Waals surface area contributed by atoms with Gasteiger partial charge in [-0.05, 0) is 47.4 Å². The van der Waals surface area contributed by atoms with Crippen molar-refractivity contribution >= 4 is 11.9 Å². The SMILES string of the molecule is Cc1cccc([C@@H](CN)NC(=O)c2cccc(-c3ccc4c(c3)C(F)=NC4)c2)c1. The first-order chi connectivity index (χ1) is 14.0. The van der Waals surface area contributed by atoms with Gasteiger partial charge in [0.05, 0.1) is 12.6 Å². The number of carbonyl (C=O) groups excluding carboxylic acids is 1. The Hall–Kier alpha value is -3.31. The van der Waals surface area contributed by atoms with E-state index < -0.39 is 5.97 Å². The molecule has 1 aliphatic rings. The molecule has 3 aromatic rings. The Morgan fingerprint density at radius 3 is 2.69 bits per heavy atom. The van der Waals surface area contributed by atoms with E-state index in [4.69, 9.17) is 5.73 Å². The molecule has 0 aliphatic carbocycles. The van der Waals surface area contributed by atoms with Crippen molar-refractivity contribution in [1.82, 2.24) is 5.32 Å². The Kier molecular flexibility index (Phi) is 5.23. The summed E-state index contributed by atoms with van der Waals surface area (Å²) in [5, 5.41) is 3.01. The van der Waals surface area contributed by atoms with Gasteiger partial charge in [0, 0.05) is 17.7 Å². The first-order valence-electron chi connectivity index (χ1n) is 9.56. The minimum Gasteiger partial charge on any atom is -0.344 e. The van der Waals surface area contributed by atoms with E-state index in [-0.39, 0.29) is 11.9 Å². The van der Waals surface area contributed by atoms with Gasteiger partial charge >= 0.3 is 0 Å². The highest BCUT2D eigenvalue weighted by Crippen LogP contribution is 2.27. The van der Waals surface area contributed by atoms with Gasteiger partial charge in [0.2, 0.25) is 5.97 Å². The van der Waals surface area contributed by atoms with E-state index in [0.29, 0.717) is 24.2 Å². The molecule has 1 heterocycles. The second-order valence-electron chi connectivity index (χ2n) is 7.24. The molecule has 1 atom stereocenters. The highest BCUT2D eigenvalue weighted by molar-refractivity contribution is 5.99. The molecular weight excluding hydrogens is 365 g/mol. The van der Waals surface area contributed by atoms with Crippen LogP contribution in [0.1, 0.15) is 38.7 Å². The van der Waals surface area contributed by atoms with Gasteiger partial charge in [0.15, 0.2) is 0 Å². The van der Waals surface area contributed by atoms with Crippen molar-refractivity contribution in [3.8, 4) is 11.1 Å². The van der Waals surface area contributed by atoms with Gasteiger partial charge in [-0.2, -0.15) is 4.39 Å². The predicted molar refractivity (Wildman–Crippen MR) is 114 cm³/mol. The van der Waals surface area contributed by atoms with Crippen molar-refractivity contribution in [3.63, 3.8) is 0 Å². The highest BCUT2D eigenvalue weighted by atomic mass is 19.1. The number of hydrogen-bond donors (Lipinski definition) is 2. The molecule has 4 rings (SSSR count). The standard InChI is InChI=1S/C24H22FN3O/c1-15-4-2-6-18(10-15)22(13-26)28-24(29)19-7-3-5-16(11-19)17-8-9-20-14-27-23(25)21(20)12-17/h2-12,22H,13-14,26H2,1H3,(H,28,29)/t22-/m1/s1. The molecule has 0 spiro atoms. The third-order valence-corrected chi connectivity index (χ3v) is 5.16. The van der Waals surface area contributed by atoms with Crippen LogP contribution in [0.3, 0.4) is 0 Å². The van der Waals surface area contributed by atoms with E-state index in [1.165, 1.54) is 0 Å². The number of nitrogens with one attached hydrogen (secondary N) is 1. The number of carbonyl (C=O) groups is 1. The molecule has 0 aromatic heterocycles. The number of amides is 1. The summed E-state index contributed by atoms with van der Waals surface area (Å²) in [7, 11) is 0. The fraction of sp³-hybridized carbons (Fsp3) is 0.167. The number of nitrogens with zero attached hydrogens (tertiary/aromatic N) is 1. The molecule has 0 unspecified atom stereocenters. The molecule has 0 bridgehead atoms. The Bertz CT molecular complexity index is 1110. The molecule has 0 saturated heterocycles. The minimum atomic E-state index is -0.431. The maximum absolute atomic E-state index is 13.9. The molecule has 146 valence electrons. The van der Waals surface area contributed by atoms with Crippen molar-refractivity contribution in [3.05, 3.63) is 94.5 Å². The molecule has 1 amide bonds. The first-order valence-corrected chi connectivity index (χ1v) is 9.56. The number of benzene rings is 3. The fourth-order valence-corrected chi connectivity index (χ4v) is 3.57. The average Bonchev–Trinajstić information content (AvgIpc) is 3.12. The van der Waals surface area contributed by atoms with Crippen LogP contribution in [0.5, 0.6) is 0 Å². The van der Waals surface area contributed by atoms with Gasteiger partial charge in [-0.15, -0.1) is 0 Å². The number of fused-ring (bicyclic) bond motifs is 1. The number of aryl methyl sites for hydroxylation is 1. The van der Waals surface area contributed by atoms with E-state index in [1.807, 2.05) is 61.5 Å². The number of halogens is 1. The van der Waals surface area contributed by atoms with E-state index in [0.717, 1.165) is 27.8 Å². The van der Waals surface area contributed by atoms with Crippen molar-refractivity contribution in [1.29, 1.82) is 0 Å². The maximum atomic E-state index is 13.9. The van der Waals surface area contributed by atoms with Crippen molar-refractivity contribution in [2.75, 3.05) is 6.54 Å². The van der Waals surface area contributed by atoms with Crippen LogP contribution in [-0.4, -0.2) is 18.4 Å². The lowest BCUT2D eigenvalue weighted by Gasteiger charge is -2.18. The lowest BCUT2D eigenvalue weighted by molar-refractivity contribution is 0.0938. The molecule has 0 fully saturated rings. The van der Waals surface area contributed by atoms with E-state index in [2.05, 4.69) is 10.3 Å². The number of nitrogens with two attached hydrogens (primary N) is 1. The van der Waals surface area contributed by atoms with Crippen molar-refractivity contribution in [2.24, 2.45) is 10.7 Å². The summed E-state index contributed by atoms with van der Waals surface area (Å²) in [4.78, 5) is 16.7. The molecule has 3 aromatic carbocycles. The highest BCUT2D eigenvalue weighted by Gasteiger charge is 2.18. The zero-order chi connectivity index (χ0) is 20.4. The van der Waals surface area contributed by atoms with E-state index in [9.17, 15) is 9.18 Å². The normalized spacial score (nSPS) is 13.6. The van der Waals surface area contributed by atoms with Gasteiger partial charge in [-0.1, -0.05) is 54.1 Å². The summed E-state index contributed by atoms with van der Waals surface area (Å²) in [6, 6.07) is 20.6. The Balaban J connectivity index is 1.58. The molecule has 0 saturated carbocycles. The molecule has 29 heavy (non-hydrogen) atoms. The van der Waals surface area contributed by atoms with Crippen LogP contribution in [0.15, 0.2) is 71.7 Å². The molecule has 5 heteroatoms. The van der Waals surface area contributed by atoms with Gasteiger partial charge in [0.25, 0.3) is 5.91 Å². The van der Waals surface area contributed by atoms with Crippen LogP contribution in [0.2, 0.25) is 0 Å². The number of rotatable bonds is 5. The second-order valence-corrected chi connectivity index (χ2v) is 7.24. The van der Waals surface area contributed by atoms with Gasteiger partial charge in [-0.25, -0.2) is 0 Å². The summed E-state index contributed by atoms with van der Waals surface area (Å²) >= 11 is 0. The number of hydrogen-bond acceptors (Lipinski definition) is 3. The second kappa shape index (κ2) is 7.97. The summed E-state index contributed by atoms with van der Waals surface area (Å²) in [5.41, 5.74) is 11.6. The Labute approximate surface area is 169 Å². The summed E-state index contributed by atoms with van der Waals surface area (Å²) in [6.45, 7) is 2.69. The van der Waals surface area contributed by atoms with Gasteiger partial charge in [0.1, 0.15) is 0 Å². The van der Waals surface area contributed by atoms with Crippen LogP contribution in [-0.2, 0) is 6.54 Å². The largest absolute Gasteiger partial charge is 0.344 e. The van der Waals surface area contributed by atoms with Gasteiger partial charge < -0.3 is 11.1 Å². The molecule has 3 N–H and O–H groups in total. The average molecular weight is 387 g/mol. The quantitative estimate of drug-likeness (QED) is 0.685. The van der Waals surface area contributed by atoms with Crippen LogP contribution in [0, 0.1) is 6.92 Å². The molecular formula is C24H22FN3O. The molecule has 0 radical (unpaired) electrons. The predicted octanol–water partition coefficient (Wildman–Crippen LogP) is 4.32. The van der Waals surface area contributed by atoms with Crippen molar-refractivity contribution < 1.29 is 9.18 Å². The van der Waals surface area contributed by atoms with Crippen LogP contribution < -0.4 is 11.1 Å². The smallest absolute Gasteiger partial charge is 0.251 e. The van der Waals surface area contributed by atoms with E-state index >= 15 is 0 Å². The maximum Gasteiger partial charge on any atom is 0.251 e. The number of aliphatic imine (C=N–C) groups is 1. The van der Waals surface area contributed by atoms with Crippen LogP contribution >= 0.6 is 0 Å². The molecule has 1 aliphatic heterocycles. The van der Waals surface area contributed by atoms with Gasteiger partial charge in [-0.3, -0.25) is 9.79 Å². The lowest BCUT2D eigenvalue weighted by Crippen LogP contribution is -2.33. The lowest BCUT2D eigenvalue weighted by atomic mass is 9.98. The first kappa shape index (κ1) is 19.0. The zero-order valence-corrected chi connectivity index (χ0v) is 16.2. The van der Waals surface area contributed by atoms with E-state index in [1.54, 1.807) is 12.1 Å². The summed E-state index contributed by atoms with van der Waals surface area (Å²) in [6.07, 6.45) is 0. The fourth-order valence-electron chi connectivity index (χ4n) is 3.57. The molecule has 4 nitrogen and oxygen atoms in total.